The van der Waals surface area contributed by atoms with Crippen LogP contribution in [-0.2, 0) is 21.2 Å². The van der Waals surface area contributed by atoms with Crippen LogP contribution in [0.3, 0.4) is 0 Å². The van der Waals surface area contributed by atoms with E-state index in [2.05, 4.69) is 10.0 Å². The fourth-order valence-corrected chi connectivity index (χ4v) is 4.39. The van der Waals surface area contributed by atoms with Crippen molar-refractivity contribution >= 4 is 15.9 Å². The average Bonchev–Trinajstić information content (AvgIpc) is 2.79. The molecule has 0 aliphatic carbocycles. The van der Waals surface area contributed by atoms with Gasteiger partial charge in [0.05, 0.1) is 18.0 Å². The van der Waals surface area contributed by atoms with E-state index in [1.165, 1.54) is 0 Å². The van der Waals surface area contributed by atoms with Crippen molar-refractivity contribution < 1.29 is 22.3 Å². The van der Waals surface area contributed by atoms with Crippen molar-refractivity contribution in [1.29, 1.82) is 0 Å². The highest BCUT2D eigenvalue weighted by Crippen LogP contribution is 2.18. The fraction of sp³-hybridized carbons (Fsp3) is 0.208. The van der Waals surface area contributed by atoms with Gasteiger partial charge in [-0.05, 0) is 60.9 Å². The summed E-state index contributed by atoms with van der Waals surface area (Å²) in [5.41, 5.74) is 1.64. The van der Waals surface area contributed by atoms with E-state index in [0.717, 1.165) is 35.4 Å². The number of hydrogen-bond donors (Lipinski definition) is 2. The van der Waals surface area contributed by atoms with E-state index in [-0.39, 0.29) is 17.4 Å². The molecule has 0 unspecified atom stereocenters. The minimum absolute atomic E-state index is 0.118. The molecule has 2 N–H and O–H groups in total. The Bertz CT molecular complexity index is 1130. The number of amides is 1. The lowest BCUT2D eigenvalue weighted by molar-refractivity contribution is -0.123. The highest BCUT2D eigenvalue weighted by atomic mass is 32.2. The standard InChI is InChI=1S/C24H25FN2O4S/c1-17(19-8-12-21(31-2)13-9-19)26-24(28)23(16-18-6-4-3-5-7-18)27-32(29,30)22-14-10-20(25)11-15-22/h3-15,17,23,27H,16H2,1-2H3,(H,26,28)/t17-,23-/m0/s1. The summed E-state index contributed by atoms with van der Waals surface area (Å²) in [6, 6.07) is 19.4. The molecule has 0 fully saturated rings. The summed E-state index contributed by atoms with van der Waals surface area (Å²) < 4.78 is 46.5. The topological polar surface area (TPSA) is 84.5 Å². The fourth-order valence-electron chi connectivity index (χ4n) is 3.20. The lowest BCUT2D eigenvalue weighted by atomic mass is 10.0. The molecule has 0 radical (unpaired) electrons. The molecule has 0 spiro atoms. The Morgan fingerprint density at radius 1 is 0.969 bits per heavy atom. The predicted molar refractivity (Wildman–Crippen MR) is 120 cm³/mol. The van der Waals surface area contributed by atoms with Crippen molar-refractivity contribution in [2.75, 3.05) is 7.11 Å². The maximum Gasteiger partial charge on any atom is 0.241 e. The molecule has 0 saturated heterocycles. The van der Waals surface area contributed by atoms with Gasteiger partial charge in [-0.15, -0.1) is 0 Å². The van der Waals surface area contributed by atoms with E-state index in [1.54, 1.807) is 19.2 Å². The molecular formula is C24H25FN2O4S. The van der Waals surface area contributed by atoms with Crippen molar-refractivity contribution in [2.24, 2.45) is 0 Å². The number of carbonyl (C=O) groups is 1. The minimum Gasteiger partial charge on any atom is -0.497 e. The van der Waals surface area contributed by atoms with Gasteiger partial charge in [0, 0.05) is 0 Å². The van der Waals surface area contributed by atoms with Crippen LogP contribution in [0, 0.1) is 5.82 Å². The molecule has 0 aliphatic heterocycles. The molecule has 6 nitrogen and oxygen atoms in total. The number of hydrogen-bond acceptors (Lipinski definition) is 4. The third kappa shape index (κ3) is 6.15. The van der Waals surface area contributed by atoms with Crippen LogP contribution >= 0.6 is 0 Å². The van der Waals surface area contributed by atoms with Gasteiger partial charge >= 0.3 is 0 Å². The highest BCUT2D eigenvalue weighted by molar-refractivity contribution is 7.89. The Balaban J connectivity index is 1.81. The summed E-state index contributed by atoms with van der Waals surface area (Å²) in [5.74, 6) is -0.319. The number of nitrogens with one attached hydrogen (secondary N) is 2. The summed E-state index contributed by atoms with van der Waals surface area (Å²) in [5, 5.41) is 2.87. The molecule has 3 aromatic rings. The van der Waals surface area contributed by atoms with Gasteiger partial charge in [-0.1, -0.05) is 42.5 Å². The van der Waals surface area contributed by atoms with Gasteiger partial charge in [0.15, 0.2) is 0 Å². The zero-order chi connectivity index (χ0) is 23.1. The van der Waals surface area contributed by atoms with Crippen LogP contribution in [0.25, 0.3) is 0 Å². The molecule has 0 heterocycles. The Morgan fingerprint density at radius 2 is 1.59 bits per heavy atom. The summed E-state index contributed by atoms with van der Waals surface area (Å²) in [6.45, 7) is 1.81. The first kappa shape index (κ1) is 23.4. The molecule has 32 heavy (non-hydrogen) atoms. The van der Waals surface area contributed by atoms with Crippen LogP contribution in [0.5, 0.6) is 5.75 Å². The first-order valence-corrected chi connectivity index (χ1v) is 11.5. The molecule has 8 heteroatoms. The zero-order valence-electron chi connectivity index (χ0n) is 17.8. The first-order valence-electron chi connectivity index (χ1n) is 10.0. The Kier molecular flexibility index (Phi) is 7.61. The van der Waals surface area contributed by atoms with E-state index in [0.29, 0.717) is 5.75 Å². The molecule has 2 atom stereocenters. The van der Waals surface area contributed by atoms with Crippen LogP contribution in [0.1, 0.15) is 24.1 Å². The average molecular weight is 457 g/mol. The van der Waals surface area contributed by atoms with Gasteiger partial charge in [0.25, 0.3) is 0 Å². The van der Waals surface area contributed by atoms with Crippen molar-refractivity contribution in [3.05, 3.63) is 95.8 Å². The normalized spacial score (nSPS) is 13.2. The Morgan fingerprint density at radius 3 is 2.19 bits per heavy atom. The van der Waals surface area contributed by atoms with E-state index >= 15 is 0 Å². The second-order valence-corrected chi connectivity index (χ2v) is 9.03. The van der Waals surface area contributed by atoms with Crippen molar-refractivity contribution in [3.63, 3.8) is 0 Å². The smallest absolute Gasteiger partial charge is 0.241 e. The summed E-state index contributed by atoms with van der Waals surface area (Å²) in [4.78, 5) is 13.0. The van der Waals surface area contributed by atoms with Gasteiger partial charge in [0.1, 0.15) is 17.6 Å². The third-order valence-electron chi connectivity index (χ3n) is 5.00. The van der Waals surface area contributed by atoms with Gasteiger partial charge in [-0.2, -0.15) is 4.72 Å². The number of rotatable bonds is 9. The SMILES string of the molecule is COc1ccc([C@H](C)NC(=O)[C@H](Cc2ccccc2)NS(=O)(=O)c2ccc(F)cc2)cc1. The molecule has 0 bridgehead atoms. The second-order valence-electron chi connectivity index (χ2n) is 7.32. The number of carbonyl (C=O) groups excluding carboxylic acids is 1. The van der Waals surface area contributed by atoms with Gasteiger partial charge in [-0.25, -0.2) is 12.8 Å². The number of ether oxygens (including phenoxy) is 1. The molecular weight excluding hydrogens is 431 g/mol. The number of benzene rings is 3. The molecule has 0 aliphatic rings. The first-order chi connectivity index (χ1) is 15.3. The lowest BCUT2D eigenvalue weighted by Gasteiger charge is -2.22. The van der Waals surface area contributed by atoms with Crippen LogP contribution < -0.4 is 14.8 Å². The van der Waals surface area contributed by atoms with Crippen molar-refractivity contribution in [3.8, 4) is 5.75 Å². The number of sulfonamides is 1. The summed E-state index contributed by atoms with van der Waals surface area (Å²) in [6.07, 6.45) is 0.155. The van der Waals surface area contributed by atoms with E-state index in [4.69, 9.17) is 4.74 Å². The largest absolute Gasteiger partial charge is 0.497 e. The van der Waals surface area contributed by atoms with E-state index in [9.17, 15) is 17.6 Å². The molecule has 1 amide bonds. The lowest BCUT2D eigenvalue weighted by Crippen LogP contribution is -2.48. The zero-order valence-corrected chi connectivity index (χ0v) is 18.6. The molecule has 0 saturated carbocycles. The maximum absolute atomic E-state index is 13.2. The molecule has 3 rings (SSSR count). The monoisotopic (exact) mass is 456 g/mol. The third-order valence-corrected chi connectivity index (χ3v) is 6.48. The second kappa shape index (κ2) is 10.4. The molecule has 0 aromatic heterocycles. The van der Waals surface area contributed by atoms with Crippen LogP contribution in [0.2, 0.25) is 0 Å². The summed E-state index contributed by atoms with van der Waals surface area (Å²) in [7, 11) is -2.47. The highest BCUT2D eigenvalue weighted by Gasteiger charge is 2.27. The van der Waals surface area contributed by atoms with E-state index in [1.807, 2.05) is 49.4 Å². The molecule has 3 aromatic carbocycles. The van der Waals surface area contributed by atoms with Gasteiger partial charge < -0.3 is 10.1 Å². The van der Waals surface area contributed by atoms with Gasteiger partial charge in [0.2, 0.25) is 15.9 Å². The van der Waals surface area contributed by atoms with Crippen LogP contribution in [0.15, 0.2) is 83.8 Å². The van der Waals surface area contributed by atoms with Crippen molar-refractivity contribution in [1.82, 2.24) is 10.0 Å². The van der Waals surface area contributed by atoms with Crippen LogP contribution in [0.4, 0.5) is 4.39 Å². The Labute approximate surface area is 187 Å². The van der Waals surface area contributed by atoms with Gasteiger partial charge in [-0.3, -0.25) is 4.79 Å². The summed E-state index contributed by atoms with van der Waals surface area (Å²) >= 11 is 0. The Hall–Kier alpha value is -3.23. The minimum atomic E-state index is -4.04. The van der Waals surface area contributed by atoms with Crippen molar-refractivity contribution in [2.45, 2.75) is 30.3 Å². The van der Waals surface area contributed by atoms with E-state index < -0.39 is 27.8 Å². The molecule has 168 valence electrons. The number of methoxy groups -OCH3 is 1. The quantitative estimate of drug-likeness (QED) is 0.515. The number of halogens is 1. The van der Waals surface area contributed by atoms with Crippen LogP contribution in [-0.4, -0.2) is 27.5 Å². The maximum atomic E-state index is 13.2. The predicted octanol–water partition coefficient (Wildman–Crippen LogP) is 3.60.